The molecular formula is C16H24O6S2. The van der Waals surface area contributed by atoms with E-state index in [1.165, 1.54) is 23.5 Å². The average Bonchev–Trinajstić information content (AvgIpc) is 2.97. The van der Waals surface area contributed by atoms with Gasteiger partial charge in [-0.2, -0.15) is 0 Å². The van der Waals surface area contributed by atoms with Crippen molar-refractivity contribution in [2.45, 2.75) is 70.0 Å². The van der Waals surface area contributed by atoms with E-state index in [2.05, 4.69) is 0 Å². The molecule has 0 spiro atoms. The maximum Gasteiger partial charge on any atom is 0.190 e. The number of ketones is 1. The Labute approximate surface area is 150 Å². The zero-order valence-corrected chi connectivity index (χ0v) is 16.4. The first-order valence-corrected chi connectivity index (χ1v) is 10.3. The molecule has 3 saturated heterocycles. The standard InChI is InChI=1S/C16H24O6S2/c1-15(2)19-11-10(8(17)7-9(23-5)24-6)18-14-13(12(11)20-15)21-16(3,4)22-14/h7,10-14H,1-6H3/t10-,11+,12+,13-,14-/m1/s1. The number of carbonyl (C=O) groups is 1. The van der Waals surface area contributed by atoms with Gasteiger partial charge in [-0.3, -0.25) is 4.79 Å². The van der Waals surface area contributed by atoms with Crippen LogP contribution in [0.4, 0.5) is 0 Å². The summed E-state index contributed by atoms with van der Waals surface area (Å²) in [4.78, 5) is 12.8. The number of fused-ring (bicyclic) bond motifs is 3. The Hall–Kier alpha value is -0.0900. The van der Waals surface area contributed by atoms with Crippen molar-refractivity contribution in [3.63, 3.8) is 0 Å². The van der Waals surface area contributed by atoms with Gasteiger partial charge in [0.05, 0.1) is 0 Å². The van der Waals surface area contributed by atoms with Crippen molar-refractivity contribution in [2.24, 2.45) is 0 Å². The summed E-state index contributed by atoms with van der Waals surface area (Å²) in [6, 6.07) is 0. The van der Waals surface area contributed by atoms with E-state index in [-0.39, 0.29) is 5.78 Å². The second-order valence-corrected chi connectivity index (χ2v) is 8.82. The highest BCUT2D eigenvalue weighted by Crippen LogP contribution is 2.44. The largest absolute Gasteiger partial charge is 0.342 e. The Morgan fingerprint density at radius 3 is 2.04 bits per heavy atom. The Balaban J connectivity index is 1.88. The van der Waals surface area contributed by atoms with Crippen LogP contribution < -0.4 is 0 Å². The summed E-state index contributed by atoms with van der Waals surface area (Å²) < 4.78 is 30.6. The zero-order chi connectivity index (χ0) is 17.7. The first kappa shape index (κ1) is 18.7. The summed E-state index contributed by atoms with van der Waals surface area (Å²) in [6.45, 7) is 7.30. The van der Waals surface area contributed by atoms with Gasteiger partial charge in [0, 0.05) is 10.3 Å². The summed E-state index contributed by atoms with van der Waals surface area (Å²) in [5.41, 5.74) is 0. The molecule has 3 aliphatic rings. The van der Waals surface area contributed by atoms with Crippen LogP contribution in [0.3, 0.4) is 0 Å². The fourth-order valence-corrected chi connectivity index (χ4v) is 4.38. The third-order valence-electron chi connectivity index (χ3n) is 4.10. The van der Waals surface area contributed by atoms with Gasteiger partial charge in [-0.25, -0.2) is 0 Å². The minimum Gasteiger partial charge on any atom is -0.342 e. The molecule has 3 rings (SSSR count). The van der Waals surface area contributed by atoms with Crippen molar-refractivity contribution >= 4 is 29.3 Å². The second-order valence-electron chi connectivity index (χ2n) is 6.86. The molecule has 24 heavy (non-hydrogen) atoms. The van der Waals surface area contributed by atoms with Crippen LogP contribution in [0.25, 0.3) is 0 Å². The molecular weight excluding hydrogens is 352 g/mol. The molecule has 6 nitrogen and oxygen atoms in total. The molecule has 0 aromatic heterocycles. The van der Waals surface area contributed by atoms with Crippen molar-refractivity contribution in [3.05, 3.63) is 10.3 Å². The van der Waals surface area contributed by atoms with Gasteiger partial charge >= 0.3 is 0 Å². The number of thioether (sulfide) groups is 2. The van der Waals surface area contributed by atoms with E-state index in [1.807, 2.05) is 40.2 Å². The highest BCUT2D eigenvalue weighted by atomic mass is 32.2. The van der Waals surface area contributed by atoms with Crippen LogP contribution in [-0.4, -0.2) is 60.6 Å². The highest BCUT2D eigenvalue weighted by molar-refractivity contribution is 8.21. The van der Waals surface area contributed by atoms with Gasteiger partial charge in [-0.05, 0) is 40.2 Å². The summed E-state index contributed by atoms with van der Waals surface area (Å²) in [5.74, 6) is -1.72. The van der Waals surface area contributed by atoms with E-state index in [0.29, 0.717) is 0 Å². The van der Waals surface area contributed by atoms with Crippen molar-refractivity contribution < 1.29 is 28.5 Å². The average molecular weight is 376 g/mol. The molecule has 8 heteroatoms. The lowest BCUT2D eigenvalue weighted by Gasteiger charge is -2.36. The third kappa shape index (κ3) is 3.56. The van der Waals surface area contributed by atoms with Crippen LogP contribution in [0.15, 0.2) is 10.3 Å². The van der Waals surface area contributed by atoms with Gasteiger partial charge in [-0.15, -0.1) is 23.5 Å². The third-order valence-corrected chi connectivity index (χ3v) is 6.14. The first-order valence-electron chi connectivity index (χ1n) is 7.86. The van der Waals surface area contributed by atoms with Crippen LogP contribution in [0.5, 0.6) is 0 Å². The summed E-state index contributed by atoms with van der Waals surface area (Å²) in [7, 11) is 0. The Bertz CT molecular complexity index is 541. The maximum atomic E-state index is 12.8. The molecule has 0 saturated carbocycles. The summed E-state index contributed by atoms with van der Waals surface area (Å²) in [5, 5.41) is 0. The molecule has 0 amide bonds. The smallest absolute Gasteiger partial charge is 0.190 e. The van der Waals surface area contributed by atoms with Crippen LogP contribution >= 0.6 is 23.5 Å². The zero-order valence-electron chi connectivity index (χ0n) is 14.7. The van der Waals surface area contributed by atoms with E-state index >= 15 is 0 Å². The molecule has 0 bridgehead atoms. The van der Waals surface area contributed by atoms with Crippen LogP contribution in [0, 0.1) is 0 Å². The Morgan fingerprint density at radius 1 is 0.875 bits per heavy atom. The molecule has 0 N–H and O–H groups in total. The molecule has 0 unspecified atom stereocenters. The quantitative estimate of drug-likeness (QED) is 0.694. The predicted molar refractivity (Wildman–Crippen MR) is 92.6 cm³/mol. The number of hydrogen-bond donors (Lipinski definition) is 0. The molecule has 3 aliphatic heterocycles. The maximum absolute atomic E-state index is 12.8. The SMILES string of the molecule is CSC(=CC(=O)[C@H]1O[C@@H]2OC(C)(C)O[C@@H]2[C@H]2OC(C)(C)O[C@H]21)SC. The van der Waals surface area contributed by atoms with Crippen molar-refractivity contribution in [3.8, 4) is 0 Å². The van der Waals surface area contributed by atoms with Crippen LogP contribution in [-0.2, 0) is 28.5 Å². The summed E-state index contributed by atoms with van der Waals surface area (Å²) in [6.07, 6.45) is 2.71. The fourth-order valence-electron chi connectivity index (χ4n) is 3.24. The fraction of sp³-hybridized carbons (Fsp3) is 0.812. The normalized spacial score (nSPS) is 39.2. The molecule has 5 atom stereocenters. The second kappa shape index (κ2) is 6.57. The van der Waals surface area contributed by atoms with E-state index < -0.39 is 42.3 Å². The van der Waals surface area contributed by atoms with Crippen LogP contribution in [0.1, 0.15) is 27.7 Å². The van der Waals surface area contributed by atoms with Crippen LogP contribution in [0.2, 0.25) is 0 Å². The number of carbonyl (C=O) groups excluding carboxylic acids is 1. The molecule has 0 aromatic carbocycles. The van der Waals surface area contributed by atoms with E-state index in [4.69, 9.17) is 23.7 Å². The van der Waals surface area contributed by atoms with E-state index in [0.717, 1.165) is 4.24 Å². The molecule has 3 fully saturated rings. The van der Waals surface area contributed by atoms with Crippen molar-refractivity contribution in [2.75, 3.05) is 12.5 Å². The minimum atomic E-state index is -0.798. The minimum absolute atomic E-state index is 0.142. The van der Waals surface area contributed by atoms with Crippen molar-refractivity contribution in [1.82, 2.24) is 0 Å². The molecule has 0 aliphatic carbocycles. The van der Waals surface area contributed by atoms with Gasteiger partial charge in [0.1, 0.15) is 18.3 Å². The lowest BCUT2D eigenvalue weighted by molar-refractivity contribution is -0.229. The number of rotatable bonds is 4. The highest BCUT2D eigenvalue weighted by Gasteiger charge is 2.61. The van der Waals surface area contributed by atoms with E-state index in [1.54, 1.807) is 6.08 Å². The Morgan fingerprint density at radius 2 is 1.42 bits per heavy atom. The van der Waals surface area contributed by atoms with Crippen molar-refractivity contribution in [1.29, 1.82) is 0 Å². The number of ether oxygens (including phenoxy) is 5. The first-order chi connectivity index (χ1) is 11.2. The molecule has 0 aromatic rings. The van der Waals surface area contributed by atoms with Gasteiger partial charge in [0.15, 0.2) is 29.8 Å². The van der Waals surface area contributed by atoms with E-state index in [9.17, 15) is 4.79 Å². The van der Waals surface area contributed by atoms with Gasteiger partial charge in [-0.1, -0.05) is 0 Å². The van der Waals surface area contributed by atoms with Gasteiger partial charge < -0.3 is 23.7 Å². The molecule has 136 valence electrons. The van der Waals surface area contributed by atoms with Gasteiger partial charge in [0.2, 0.25) is 0 Å². The number of hydrogen-bond acceptors (Lipinski definition) is 8. The molecule has 0 radical (unpaired) electrons. The van der Waals surface area contributed by atoms with Gasteiger partial charge in [0.25, 0.3) is 0 Å². The summed E-state index contributed by atoms with van der Waals surface area (Å²) >= 11 is 3.05. The lowest BCUT2D eigenvalue weighted by Crippen LogP contribution is -2.57. The Kier molecular flexibility index (Phi) is 5.12. The monoisotopic (exact) mass is 376 g/mol. The predicted octanol–water partition coefficient (Wildman–Crippen LogP) is 2.52. The topological polar surface area (TPSA) is 63.2 Å². The molecule has 3 heterocycles. The lowest BCUT2D eigenvalue weighted by atomic mass is 9.96.